The number of carbonyl (C=O) groups is 1. The van der Waals surface area contributed by atoms with E-state index in [1.807, 2.05) is 53.9 Å². The van der Waals surface area contributed by atoms with E-state index in [2.05, 4.69) is 22.1 Å². The van der Waals surface area contributed by atoms with Gasteiger partial charge in [-0.1, -0.05) is 36.1 Å². The fourth-order valence-corrected chi connectivity index (χ4v) is 3.51. The van der Waals surface area contributed by atoms with Crippen LogP contribution in [0.5, 0.6) is 0 Å². The predicted molar refractivity (Wildman–Crippen MR) is 96.1 cm³/mol. The average Bonchev–Trinajstić information content (AvgIpc) is 3.30. The van der Waals surface area contributed by atoms with Crippen LogP contribution in [-0.2, 0) is 4.74 Å². The van der Waals surface area contributed by atoms with Gasteiger partial charge in [0.15, 0.2) is 6.10 Å². The molecule has 1 fully saturated rings. The molecular formula is C20H14N2O2S. The lowest BCUT2D eigenvalue weighted by Crippen LogP contribution is -2.19. The number of cyclic esters (lactones) is 1. The molecule has 1 saturated heterocycles. The van der Waals surface area contributed by atoms with E-state index in [1.54, 1.807) is 23.7 Å². The predicted octanol–water partition coefficient (Wildman–Crippen LogP) is 4.07. The van der Waals surface area contributed by atoms with Gasteiger partial charge >= 0.3 is 6.09 Å². The number of amides is 1. The third kappa shape index (κ3) is 3.39. The number of thiophene rings is 1. The first-order valence-corrected chi connectivity index (χ1v) is 8.70. The normalized spacial score (nSPS) is 18.8. The van der Waals surface area contributed by atoms with Gasteiger partial charge in [0.1, 0.15) is 6.04 Å². The second-order valence-electron chi connectivity index (χ2n) is 5.59. The van der Waals surface area contributed by atoms with Crippen LogP contribution in [0.25, 0.3) is 0 Å². The van der Waals surface area contributed by atoms with Crippen LogP contribution in [0.15, 0.2) is 66.3 Å². The molecule has 2 aromatic heterocycles. The summed E-state index contributed by atoms with van der Waals surface area (Å²) in [5.41, 5.74) is 2.62. The van der Waals surface area contributed by atoms with Crippen LogP contribution >= 0.6 is 11.3 Å². The summed E-state index contributed by atoms with van der Waals surface area (Å²) in [5.74, 6) is 6.24. The average molecular weight is 346 g/mol. The number of hydrogen-bond acceptors (Lipinski definition) is 4. The molecule has 0 aliphatic carbocycles. The Labute approximate surface area is 149 Å². The van der Waals surface area contributed by atoms with Gasteiger partial charge in [0, 0.05) is 28.4 Å². The van der Waals surface area contributed by atoms with Crippen LogP contribution in [0.3, 0.4) is 0 Å². The summed E-state index contributed by atoms with van der Waals surface area (Å²) in [6.07, 6.45) is 2.71. The molecular weight excluding hydrogens is 332 g/mol. The van der Waals surface area contributed by atoms with Crippen molar-refractivity contribution in [2.75, 3.05) is 0 Å². The van der Waals surface area contributed by atoms with E-state index in [-0.39, 0.29) is 12.1 Å². The van der Waals surface area contributed by atoms with Crippen molar-refractivity contribution in [2.24, 2.45) is 0 Å². The molecule has 0 radical (unpaired) electrons. The number of pyridine rings is 1. The zero-order valence-corrected chi connectivity index (χ0v) is 14.0. The van der Waals surface area contributed by atoms with Gasteiger partial charge in [0.2, 0.25) is 0 Å². The molecule has 1 aliphatic heterocycles. The zero-order valence-electron chi connectivity index (χ0n) is 13.2. The molecule has 0 saturated carbocycles. The number of aromatic nitrogens is 1. The van der Waals surface area contributed by atoms with Gasteiger partial charge in [0.05, 0.1) is 0 Å². The second-order valence-corrected chi connectivity index (χ2v) is 6.57. The number of nitrogens with zero attached hydrogens (tertiary/aromatic N) is 1. The van der Waals surface area contributed by atoms with Crippen molar-refractivity contribution in [3.8, 4) is 11.8 Å². The molecule has 3 heterocycles. The van der Waals surface area contributed by atoms with E-state index in [4.69, 9.17) is 4.74 Å². The van der Waals surface area contributed by atoms with Gasteiger partial charge in [0.25, 0.3) is 0 Å². The second kappa shape index (κ2) is 6.80. The van der Waals surface area contributed by atoms with Crippen molar-refractivity contribution >= 4 is 17.4 Å². The lowest BCUT2D eigenvalue weighted by molar-refractivity contribution is 0.134. The molecule has 0 spiro atoms. The Hall–Kier alpha value is -3.10. The Morgan fingerprint density at radius 3 is 2.68 bits per heavy atom. The summed E-state index contributed by atoms with van der Waals surface area (Å²) >= 11 is 1.57. The Balaban J connectivity index is 1.63. The van der Waals surface area contributed by atoms with Crippen LogP contribution in [0.4, 0.5) is 4.79 Å². The maximum absolute atomic E-state index is 11.8. The number of carbonyl (C=O) groups excluding carboxylic acids is 1. The van der Waals surface area contributed by atoms with Crippen LogP contribution in [0, 0.1) is 11.8 Å². The molecule has 0 unspecified atom stereocenters. The minimum absolute atomic E-state index is 0.267. The minimum atomic E-state index is -0.413. The summed E-state index contributed by atoms with van der Waals surface area (Å²) in [4.78, 5) is 17.0. The van der Waals surface area contributed by atoms with Gasteiger partial charge in [-0.15, -0.1) is 11.3 Å². The van der Waals surface area contributed by atoms with Crippen molar-refractivity contribution in [3.05, 3.63) is 87.9 Å². The van der Waals surface area contributed by atoms with Gasteiger partial charge in [-0.3, -0.25) is 4.98 Å². The highest BCUT2D eigenvalue weighted by Crippen LogP contribution is 2.38. The van der Waals surface area contributed by atoms with Crippen LogP contribution in [0.1, 0.15) is 33.7 Å². The zero-order chi connectivity index (χ0) is 17.1. The maximum Gasteiger partial charge on any atom is 0.408 e. The molecule has 122 valence electrons. The third-order valence-electron chi connectivity index (χ3n) is 3.88. The van der Waals surface area contributed by atoms with E-state index >= 15 is 0 Å². The van der Waals surface area contributed by atoms with E-state index < -0.39 is 6.09 Å². The number of nitrogens with one attached hydrogen (secondary N) is 1. The lowest BCUT2D eigenvalue weighted by atomic mass is 10.0. The molecule has 1 amide bonds. The van der Waals surface area contributed by atoms with Crippen molar-refractivity contribution in [1.29, 1.82) is 0 Å². The van der Waals surface area contributed by atoms with E-state index in [1.165, 1.54) is 0 Å². The maximum atomic E-state index is 11.8. The quantitative estimate of drug-likeness (QED) is 0.712. The van der Waals surface area contributed by atoms with Crippen LogP contribution in [0.2, 0.25) is 0 Å². The minimum Gasteiger partial charge on any atom is -0.438 e. The molecule has 5 heteroatoms. The summed E-state index contributed by atoms with van der Waals surface area (Å²) in [6.45, 7) is 0. The largest absolute Gasteiger partial charge is 0.438 e. The van der Waals surface area contributed by atoms with Crippen LogP contribution in [-0.4, -0.2) is 11.1 Å². The number of rotatable bonds is 2. The van der Waals surface area contributed by atoms with Crippen molar-refractivity contribution in [1.82, 2.24) is 10.3 Å². The first kappa shape index (κ1) is 15.4. The number of ether oxygens (including phenoxy) is 1. The number of alkyl carbamates (subject to hydrolysis) is 1. The molecule has 25 heavy (non-hydrogen) atoms. The summed E-state index contributed by atoms with van der Waals surface area (Å²) in [5, 5.41) is 4.84. The molecule has 3 aromatic rings. The highest BCUT2D eigenvalue weighted by Gasteiger charge is 2.37. The molecule has 4 rings (SSSR count). The van der Waals surface area contributed by atoms with Gasteiger partial charge in [-0.25, -0.2) is 4.79 Å². The fraction of sp³-hybridized carbons (Fsp3) is 0.100. The first-order valence-electron chi connectivity index (χ1n) is 7.82. The molecule has 2 atom stereocenters. The van der Waals surface area contributed by atoms with Gasteiger partial charge < -0.3 is 10.1 Å². The van der Waals surface area contributed by atoms with Crippen molar-refractivity contribution in [3.63, 3.8) is 0 Å². The summed E-state index contributed by atoms with van der Waals surface area (Å²) < 4.78 is 5.44. The van der Waals surface area contributed by atoms with E-state index in [0.717, 1.165) is 21.6 Å². The topological polar surface area (TPSA) is 51.2 Å². The van der Waals surface area contributed by atoms with Gasteiger partial charge in [-0.2, -0.15) is 0 Å². The molecule has 1 N–H and O–H groups in total. The van der Waals surface area contributed by atoms with Crippen molar-refractivity contribution in [2.45, 2.75) is 12.1 Å². The van der Waals surface area contributed by atoms with Gasteiger partial charge in [-0.05, 0) is 35.2 Å². The Kier molecular flexibility index (Phi) is 4.19. The summed E-state index contributed by atoms with van der Waals surface area (Å²) in [6, 6.07) is 15.4. The summed E-state index contributed by atoms with van der Waals surface area (Å²) in [7, 11) is 0. The number of hydrogen-bond donors (Lipinski definition) is 1. The highest BCUT2D eigenvalue weighted by molar-refractivity contribution is 7.10. The third-order valence-corrected chi connectivity index (χ3v) is 4.81. The smallest absolute Gasteiger partial charge is 0.408 e. The Morgan fingerprint density at radius 2 is 1.88 bits per heavy atom. The molecule has 0 bridgehead atoms. The molecule has 4 nitrogen and oxygen atoms in total. The first-order chi connectivity index (χ1) is 12.3. The van der Waals surface area contributed by atoms with Crippen molar-refractivity contribution < 1.29 is 9.53 Å². The van der Waals surface area contributed by atoms with E-state index in [9.17, 15) is 4.79 Å². The Bertz CT molecular complexity index is 943. The molecule has 1 aliphatic rings. The monoisotopic (exact) mass is 346 g/mol. The molecule has 1 aromatic carbocycles. The lowest BCUT2D eigenvalue weighted by Gasteiger charge is -2.15. The fourth-order valence-electron chi connectivity index (χ4n) is 2.72. The Morgan fingerprint density at radius 1 is 1.04 bits per heavy atom. The highest BCUT2D eigenvalue weighted by atomic mass is 32.1. The van der Waals surface area contributed by atoms with Crippen LogP contribution < -0.4 is 5.32 Å². The standard InChI is InChI=1S/C20H14N2O2S/c23-20-22-18(19(24-20)17-7-4-10-25-17)16-11-15(12-21-13-16)9-8-14-5-2-1-3-6-14/h1-7,10-13,18-19H,(H,22,23)/t18-,19-/m0/s1. The SMILES string of the molecule is O=C1N[C@@H](c2cncc(C#Cc3ccccc3)c2)[C@H](c2cccs2)O1. The number of benzene rings is 1. The van der Waals surface area contributed by atoms with E-state index in [0.29, 0.717) is 0 Å².